The average Bonchev–Trinajstić information content (AvgIpc) is 2.52. The van der Waals surface area contributed by atoms with Crippen LogP contribution in [-0.2, 0) is 23.7 Å². The van der Waals surface area contributed by atoms with Crippen LogP contribution in [0.5, 0.6) is 0 Å². The number of esters is 1. The molecule has 0 saturated carbocycles. The fraction of sp³-hybridized carbons (Fsp3) is 0.824. The predicted octanol–water partition coefficient (Wildman–Crippen LogP) is 3.47. The highest BCUT2D eigenvalue weighted by atomic mass is 16.6. The summed E-state index contributed by atoms with van der Waals surface area (Å²) in [6, 6.07) is 0. The van der Waals surface area contributed by atoms with E-state index in [0.29, 0.717) is 32.8 Å². The molecule has 0 spiro atoms. The molecule has 130 valence electrons. The van der Waals surface area contributed by atoms with E-state index >= 15 is 0 Å². The Morgan fingerprint density at radius 1 is 0.818 bits per heavy atom. The lowest BCUT2D eigenvalue weighted by atomic mass is 10.3. The van der Waals surface area contributed by atoms with Gasteiger partial charge in [0, 0.05) is 13.2 Å². The van der Waals surface area contributed by atoms with E-state index < -0.39 is 5.97 Å². The van der Waals surface area contributed by atoms with Gasteiger partial charge in [-0.25, -0.2) is 4.79 Å². The van der Waals surface area contributed by atoms with Gasteiger partial charge < -0.3 is 18.9 Å². The molecule has 0 aromatic carbocycles. The van der Waals surface area contributed by atoms with Crippen LogP contribution in [-0.4, -0.2) is 45.6 Å². The van der Waals surface area contributed by atoms with E-state index in [1.807, 2.05) is 0 Å². The first kappa shape index (κ1) is 20.9. The molecule has 0 N–H and O–H groups in total. The number of carbonyl (C=O) groups excluding carboxylic acids is 1. The summed E-state index contributed by atoms with van der Waals surface area (Å²) in [5.41, 5.74) is 0. The van der Waals surface area contributed by atoms with Gasteiger partial charge >= 0.3 is 5.97 Å². The van der Waals surface area contributed by atoms with E-state index in [1.165, 1.54) is 0 Å². The Morgan fingerprint density at radius 3 is 2.05 bits per heavy atom. The molecule has 0 fully saturated rings. The molecule has 5 heteroatoms. The van der Waals surface area contributed by atoms with Crippen LogP contribution in [0.25, 0.3) is 0 Å². The van der Waals surface area contributed by atoms with Crippen molar-refractivity contribution in [2.75, 3.05) is 39.6 Å². The second-order valence-electron chi connectivity index (χ2n) is 4.86. The standard InChI is InChI=1S/C17H32O5/c1-4-7-11-19-13-9-10-16(17(18)21-6-3)22-15-14-20-12-8-5-2/h10H,4-9,11-15H2,1-3H3. The minimum atomic E-state index is -0.426. The van der Waals surface area contributed by atoms with Crippen molar-refractivity contribution in [2.45, 2.75) is 52.9 Å². The highest BCUT2D eigenvalue weighted by Gasteiger charge is 2.11. The maximum atomic E-state index is 11.8. The molecule has 0 unspecified atom stereocenters. The molecule has 0 aliphatic heterocycles. The van der Waals surface area contributed by atoms with Crippen LogP contribution in [0.1, 0.15) is 52.9 Å². The van der Waals surface area contributed by atoms with Crippen LogP contribution >= 0.6 is 0 Å². The summed E-state index contributed by atoms with van der Waals surface area (Å²) in [6.07, 6.45) is 6.68. The van der Waals surface area contributed by atoms with E-state index in [4.69, 9.17) is 18.9 Å². The summed E-state index contributed by atoms with van der Waals surface area (Å²) in [5, 5.41) is 0. The Morgan fingerprint density at radius 2 is 1.45 bits per heavy atom. The van der Waals surface area contributed by atoms with Gasteiger partial charge in [0.25, 0.3) is 0 Å². The van der Waals surface area contributed by atoms with Crippen molar-refractivity contribution in [1.82, 2.24) is 0 Å². The highest BCUT2D eigenvalue weighted by molar-refractivity contribution is 5.86. The van der Waals surface area contributed by atoms with Gasteiger partial charge in [0.2, 0.25) is 5.76 Å². The number of ether oxygens (including phenoxy) is 4. The fourth-order valence-corrected chi connectivity index (χ4v) is 1.58. The molecule has 0 aliphatic rings. The van der Waals surface area contributed by atoms with E-state index in [-0.39, 0.29) is 5.76 Å². The molecule has 0 bridgehead atoms. The van der Waals surface area contributed by atoms with E-state index in [9.17, 15) is 4.79 Å². The first-order chi connectivity index (χ1) is 10.8. The monoisotopic (exact) mass is 316 g/mol. The van der Waals surface area contributed by atoms with Crippen molar-refractivity contribution >= 4 is 5.97 Å². The second-order valence-corrected chi connectivity index (χ2v) is 4.86. The first-order valence-corrected chi connectivity index (χ1v) is 8.41. The van der Waals surface area contributed by atoms with Gasteiger partial charge in [-0.05, 0) is 32.3 Å². The number of hydrogen-bond acceptors (Lipinski definition) is 5. The van der Waals surface area contributed by atoms with Gasteiger partial charge in [0.05, 0.1) is 19.8 Å². The maximum absolute atomic E-state index is 11.8. The summed E-state index contributed by atoms with van der Waals surface area (Å²) in [7, 11) is 0. The molecule has 5 nitrogen and oxygen atoms in total. The lowest BCUT2D eigenvalue weighted by Crippen LogP contribution is -2.14. The highest BCUT2D eigenvalue weighted by Crippen LogP contribution is 2.04. The summed E-state index contributed by atoms with van der Waals surface area (Å²) < 4.78 is 21.3. The van der Waals surface area contributed by atoms with Crippen molar-refractivity contribution in [3.05, 3.63) is 11.8 Å². The second kappa shape index (κ2) is 16.3. The largest absolute Gasteiger partial charge is 0.484 e. The van der Waals surface area contributed by atoms with Crippen LogP contribution in [0.3, 0.4) is 0 Å². The molecule has 0 aliphatic carbocycles. The van der Waals surface area contributed by atoms with Crippen LogP contribution in [0, 0.1) is 0 Å². The molecule has 0 heterocycles. The van der Waals surface area contributed by atoms with Gasteiger partial charge in [-0.3, -0.25) is 0 Å². The van der Waals surface area contributed by atoms with Crippen LogP contribution in [0.2, 0.25) is 0 Å². The lowest BCUT2D eigenvalue weighted by Gasteiger charge is -2.10. The third-order valence-electron chi connectivity index (χ3n) is 2.84. The van der Waals surface area contributed by atoms with E-state index in [0.717, 1.165) is 38.9 Å². The van der Waals surface area contributed by atoms with Gasteiger partial charge in [-0.1, -0.05) is 26.7 Å². The van der Waals surface area contributed by atoms with Crippen molar-refractivity contribution in [2.24, 2.45) is 0 Å². The molecule has 0 saturated heterocycles. The average molecular weight is 316 g/mol. The minimum Gasteiger partial charge on any atom is -0.484 e. The zero-order valence-corrected chi connectivity index (χ0v) is 14.4. The predicted molar refractivity (Wildman–Crippen MR) is 86.7 cm³/mol. The summed E-state index contributed by atoms with van der Waals surface area (Å²) in [4.78, 5) is 11.8. The quantitative estimate of drug-likeness (QED) is 0.200. The van der Waals surface area contributed by atoms with E-state index in [2.05, 4.69) is 13.8 Å². The third kappa shape index (κ3) is 12.7. The number of carbonyl (C=O) groups is 1. The number of rotatable bonds is 15. The van der Waals surface area contributed by atoms with Crippen molar-refractivity contribution in [3.63, 3.8) is 0 Å². The fourth-order valence-electron chi connectivity index (χ4n) is 1.58. The third-order valence-corrected chi connectivity index (χ3v) is 2.84. The number of unbranched alkanes of at least 4 members (excludes halogenated alkanes) is 2. The lowest BCUT2D eigenvalue weighted by molar-refractivity contribution is -0.142. The smallest absolute Gasteiger partial charge is 0.373 e. The van der Waals surface area contributed by atoms with Crippen molar-refractivity contribution in [1.29, 1.82) is 0 Å². The van der Waals surface area contributed by atoms with Crippen molar-refractivity contribution < 1.29 is 23.7 Å². The van der Waals surface area contributed by atoms with Gasteiger partial charge in [-0.2, -0.15) is 0 Å². The molecular formula is C17H32O5. The van der Waals surface area contributed by atoms with Gasteiger partial charge in [0.15, 0.2) is 0 Å². The Bertz CT molecular complexity index is 289. The summed E-state index contributed by atoms with van der Waals surface area (Å²) in [6.45, 7) is 9.24. The molecule has 0 amide bonds. The molecule has 22 heavy (non-hydrogen) atoms. The summed E-state index contributed by atoms with van der Waals surface area (Å²) in [5.74, 6) is -0.176. The summed E-state index contributed by atoms with van der Waals surface area (Å²) >= 11 is 0. The van der Waals surface area contributed by atoms with Crippen LogP contribution in [0.15, 0.2) is 11.8 Å². The molecule has 0 atom stereocenters. The molecule has 0 radical (unpaired) electrons. The SMILES string of the molecule is CCCCOCCC=C(OCCOCCCC)C(=O)OCC. The zero-order chi connectivity index (χ0) is 16.5. The van der Waals surface area contributed by atoms with Crippen LogP contribution in [0.4, 0.5) is 0 Å². The Balaban J connectivity index is 4.00. The minimum absolute atomic E-state index is 0.250. The van der Waals surface area contributed by atoms with Crippen molar-refractivity contribution in [3.8, 4) is 0 Å². The Labute approximate surface area is 135 Å². The molecule has 0 rings (SSSR count). The van der Waals surface area contributed by atoms with Gasteiger partial charge in [-0.15, -0.1) is 0 Å². The van der Waals surface area contributed by atoms with E-state index in [1.54, 1.807) is 13.0 Å². The number of hydrogen-bond donors (Lipinski definition) is 0. The Kier molecular flexibility index (Phi) is 15.5. The molecule has 0 aromatic heterocycles. The normalized spacial score (nSPS) is 11.5. The topological polar surface area (TPSA) is 54.0 Å². The Hall–Kier alpha value is -1.07. The molecular weight excluding hydrogens is 284 g/mol. The zero-order valence-electron chi connectivity index (χ0n) is 14.4. The molecule has 0 aromatic rings. The van der Waals surface area contributed by atoms with Crippen LogP contribution < -0.4 is 0 Å². The first-order valence-electron chi connectivity index (χ1n) is 8.41. The van der Waals surface area contributed by atoms with Gasteiger partial charge in [0.1, 0.15) is 6.61 Å². The maximum Gasteiger partial charge on any atom is 0.373 e.